The van der Waals surface area contributed by atoms with Gasteiger partial charge in [0.1, 0.15) is 6.29 Å². The number of rotatable bonds is 3. The van der Waals surface area contributed by atoms with Crippen LogP contribution in [0.2, 0.25) is 0 Å². The highest BCUT2D eigenvalue weighted by Crippen LogP contribution is 2.24. The molecule has 1 aromatic carbocycles. The summed E-state index contributed by atoms with van der Waals surface area (Å²) in [6.45, 7) is 2.04. The van der Waals surface area contributed by atoms with E-state index < -0.39 is 0 Å². The van der Waals surface area contributed by atoms with Crippen LogP contribution in [0, 0.1) is 0 Å². The molecule has 3 nitrogen and oxygen atoms in total. The van der Waals surface area contributed by atoms with E-state index in [-0.39, 0.29) is 5.92 Å². The van der Waals surface area contributed by atoms with Crippen molar-refractivity contribution in [2.24, 2.45) is 0 Å². The van der Waals surface area contributed by atoms with Crippen molar-refractivity contribution >= 4 is 17.3 Å². The zero-order chi connectivity index (χ0) is 9.97. The summed E-state index contributed by atoms with van der Waals surface area (Å²) in [7, 11) is 0. The molecule has 1 atom stereocenters. The SMILES string of the molecule is CC(CC=O)c1cccc2[nH]cnc12. The molecule has 0 aliphatic heterocycles. The molecule has 2 rings (SSSR count). The van der Waals surface area contributed by atoms with Crippen molar-refractivity contribution in [2.75, 3.05) is 0 Å². The molecule has 72 valence electrons. The Morgan fingerprint density at radius 3 is 3.21 bits per heavy atom. The first-order valence-electron chi connectivity index (χ1n) is 4.68. The Labute approximate surface area is 82.2 Å². The van der Waals surface area contributed by atoms with Gasteiger partial charge in [0.2, 0.25) is 0 Å². The van der Waals surface area contributed by atoms with Gasteiger partial charge < -0.3 is 9.78 Å². The predicted molar refractivity (Wildman–Crippen MR) is 55.2 cm³/mol. The largest absolute Gasteiger partial charge is 0.345 e. The molecule has 1 aromatic heterocycles. The topological polar surface area (TPSA) is 45.8 Å². The third-order valence-corrected chi connectivity index (χ3v) is 2.46. The van der Waals surface area contributed by atoms with Gasteiger partial charge in [0.05, 0.1) is 17.4 Å². The number of aldehydes is 1. The number of fused-ring (bicyclic) bond motifs is 1. The molecule has 0 aliphatic carbocycles. The van der Waals surface area contributed by atoms with Crippen LogP contribution in [0.1, 0.15) is 24.8 Å². The average molecular weight is 188 g/mol. The molecule has 0 saturated heterocycles. The fraction of sp³-hybridized carbons (Fsp3) is 0.273. The second-order valence-corrected chi connectivity index (χ2v) is 3.45. The lowest BCUT2D eigenvalue weighted by molar-refractivity contribution is -0.108. The van der Waals surface area contributed by atoms with Crippen LogP contribution in [0.5, 0.6) is 0 Å². The molecule has 0 amide bonds. The Hall–Kier alpha value is -1.64. The number of H-pyrrole nitrogens is 1. The molecule has 0 fully saturated rings. The van der Waals surface area contributed by atoms with Gasteiger partial charge in [-0.15, -0.1) is 0 Å². The highest BCUT2D eigenvalue weighted by atomic mass is 16.1. The van der Waals surface area contributed by atoms with Gasteiger partial charge in [0, 0.05) is 6.42 Å². The lowest BCUT2D eigenvalue weighted by Gasteiger charge is -2.08. The van der Waals surface area contributed by atoms with E-state index in [1.54, 1.807) is 6.33 Å². The summed E-state index contributed by atoms with van der Waals surface area (Å²) in [5.74, 6) is 0.236. The summed E-state index contributed by atoms with van der Waals surface area (Å²) in [5.41, 5.74) is 3.14. The van der Waals surface area contributed by atoms with Crippen molar-refractivity contribution in [3.8, 4) is 0 Å². The number of carbonyl (C=O) groups is 1. The third kappa shape index (κ3) is 1.41. The van der Waals surface area contributed by atoms with Gasteiger partial charge in [0.25, 0.3) is 0 Å². The molecule has 0 saturated carbocycles. The summed E-state index contributed by atoms with van der Waals surface area (Å²) >= 11 is 0. The number of benzene rings is 1. The van der Waals surface area contributed by atoms with Crippen LogP contribution in [0.3, 0.4) is 0 Å². The molecular formula is C11H12N2O. The zero-order valence-electron chi connectivity index (χ0n) is 8.03. The van der Waals surface area contributed by atoms with Crippen LogP contribution < -0.4 is 0 Å². The van der Waals surface area contributed by atoms with Crippen LogP contribution in [0.15, 0.2) is 24.5 Å². The van der Waals surface area contributed by atoms with E-state index in [1.165, 1.54) is 0 Å². The monoisotopic (exact) mass is 188 g/mol. The van der Waals surface area contributed by atoms with Crippen molar-refractivity contribution in [1.29, 1.82) is 0 Å². The van der Waals surface area contributed by atoms with E-state index in [4.69, 9.17) is 0 Å². The minimum atomic E-state index is 0.236. The van der Waals surface area contributed by atoms with Crippen LogP contribution in [-0.4, -0.2) is 16.3 Å². The highest BCUT2D eigenvalue weighted by molar-refractivity contribution is 5.79. The minimum Gasteiger partial charge on any atom is -0.345 e. The summed E-state index contributed by atoms with van der Waals surface area (Å²) in [4.78, 5) is 17.7. The van der Waals surface area contributed by atoms with E-state index in [0.29, 0.717) is 6.42 Å². The van der Waals surface area contributed by atoms with E-state index in [9.17, 15) is 4.79 Å². The van der Waals surface area contributed by atoms with Crippen molar-refractivity contribution in [3.63, 3.8) is 0 Å². The Kier molecular flexibility index (Phi) is 2.31. The summed E-state index contributed by atoms with van der Waals surface area (Å²) in [6, 6.07) is 5.99. The van der Waals surface area contributed by atoms with Crippen molar-refractivity contribution < 1.29 is 4.79 Å². The van der Waals surface area contributed by atoms with E-state index in [1.807, 2.05) is 25.1 Å². The molecule has 0 bridgehead atoms. The lowest BCUT2D eigenvalue weighted by Crippen LogP contribution is -1.95. The Balaban J connectivity index is 2.50. The van der Waals surface area contributed by atoms with Gasteiger partial charge in [-0.2, -0.15) is 0 Å². The number of carbonyl (C=O) groups excluding carboxylic acids is 1. The first-order chi connectivity index (χ1) is 6.83. The first-order valence-corrected chi connectivity index (χ1v) is 4.68. The number of aromatic nitrogens is 2. The van der Waals surface area contributed by atoms with Gasteiger partial charge in [-0.25, -0.2) is 4.98 Å². The third-order valence-electron chi connectivity index (χ3n) is 2.46. The Morgan fingerprint density at radius 2 is 2.43 bits per heavy atom. The normalized spacial score (nSPS) is 12.9. The summed E-state index contributed by atoms with van der Waals surface area (Å²) in [5, 5.41) is 0. The molecule has 1 N–H and O–H groups in total. The fourth-order valence-electron chi connectivity index (χ4n) is 1.66. The molecule has 0 aliphatic rings. The van der Waals surface area contributed by atoms with Crippen LogP contribution in [0.4, 0.5) is 0 Å². The molecule has 1 unspecified atom stereocenters. The molecule has 3 heteroatoms. The predicted octanol–water partition coefficient (Wildman–Crippen LogP) is 2.26. The molecule has 0 spiro atoms. The van der Waals surface area contributed by atoms with Crippen LogP contribution in [0.25, 0.3) is 11.0 Å². The number of para-hydroxylation sites is 1. The number of aromatic amines is 1. The number of nitrogens with one attached hydrogen (secondary N) is 1. The van der Waals surface area contributed by atoms with Crippen LogP contribution in [-0.2, 0) is 4.79 Å². The van der Waals surface area contributed by atoms with Gasteiger partial charge >= 0.3 is 0 Å². The maximum Gasteiger partial charge on any atom is 0.120 e. The Morgan fingerprint density at radius 1 is 1.57 bits per heavy atom. The second kappa shape index (κ2) is 3.62. The summed E-state index contributed by atoms with van der Waals surface area (Å²) in [6.07, 6.45) is 3.18. The zero-order valence-corrected chi connectivity index (χ0v) is 8.03. The van der Waals surface area contributed by atoms with Crippen molar-refractivity contribution in [2.45, 2.75) is 19.3 Å². The molecule has 14 heavy (non-hydrogen) atoms. The van der Waals surface area contributed by atoms with Crippen LogP contribution >= 0.6 is 0 Å². The maximum absolute atomic E-state index is 10.4. The molecule has 2 aromatic rings. The fourth-order valence-corrected chi connectivity index (χ4v) is 1.66. The van der Waals surface area contributed by atoms with Crippen molar-refractivity contribution in [3.05, 3.63) is 30.1 Å². The number of hydrogen-bond acceptors (Lipinski definition) is 2. The summed E-state index contributed by atoms with van der Waals surface area (Å²) < 4.78 is 0. The van der Waals surface area contributed by atoms with Gasteiger partial charge in [0.15, 0.2) is 0 Å². The van der Waals surface area contributed by atoms with E-state index >= 15 is 0 Å². The minimum absolute atomic E-state index is 0.236. The van der Waals surface area contributed by atoms with Crippen molar-refractivity contribution in [1.82, 2.24) is 9.97 Å². The van der Waals surface area contributed by atoms with E-state index in [0.717, 1.165) is 22.9 Å². The van der Waals surface area contributed by atoms with Gasteiger partial charge in [-0.3, -0.25) is 0 Å². The second-order valence-electron chi connectivity index (χ2n) is 3.45. The average Bonchev–Trinajstić information content (AvgIpc) is 2.65. The lowest BCUT2D eigenvalue weighted by atomic mass is 9.97. The maximum atomic E-state index is 10.4. The standard InChI is InChI=1S/C11H12N2O/c1-8(5-6-14)9-3-2-4-10-11(9)13-7-12-10/h2-4,6-8H,5H2,1H3,(H,12,13). The molecule has 1 heterocycles. The Bertz CT molecular complexity index is 447. The van der Waals surface area contributed by atoms with Gasteiger partial charge in [-0.1, -0.05) is 19.1 Å². The number of hydrogen-bond donors (Lipinski definition) is 1. The highest BCUT2D eigenvalue weighted by Gasteiger charge is 2.09. The van der Waals surface area contributed by atoms with E-state index in [2.05, 4.69) is 9.97 Å². The molecule has 0 radical (unpaired) electrons. The number of nitrogens with zero attached hydrogens (tertiary/aromatic N) is 1. The number of imidazole rings is 1. The smallest absolute Gasteiger partial charge is 0.120 e. The molecular weight excluding hydrogens is 176 g/mol. The van der Waals surface area contributed by atoms with Gasteiger partial charge in [-0.05, 0) is 17.5 Å². The quantitative estimate of drug-likeness (QED) is 0.751. The first kappa shape index (κ1) is 8.94.